The molecule has 0 aliphatic carbocycles. The van der Waals surface area contributed by atoms with Gasteiger partial charge < -0.3 is 33.7 Å². The molecule has 1 aromatic carbocycles. The molecule has 0 amide bonds. The van der Waals surface area contributed by atoms with Crippen molar-refractivity contribution >= 4 is 11.9 Å². The molecule has 3 rings (SSSR count). The number of ether oxygens (including phenoxy) is 6. The second-order valence-electron chi connectivity index (χ2n) is 8.46. The lowest BCUT2D eigenvalue weighted by molar-refractivity contribution is -0.223. The number of rotatable bonds is 12. The van der Waals surface area contributed by atoms with Crippen molar-refractivity contribution < 1.29 is 38.0 Å². The van der Waals surface area contributed by atoms with Crippen LogP contribution in [0.3, 0.4) is 0 Å². The van der Waals surface area contributed by atoms with Crippen LogP contribution < -0.4 is 5.32 Å². The minimum absolute atomic E-state index is 0.0510. The van der Waals surface area contributed by atoms with Crippen LogP contribution in [-0.4, -0.2) is 68.1 Å². The smallest absolute Gasteiger partial charge is 0.307 e. The molecular weight excluding hydrogens is 430 g/mol. The van der Waals surface area contributed by atoms with E-state index in [-0.39, 0.29) is 31.4 Å². The van der Waals surface area contributed by atoms with Crippen molar-refractivity contribution in [2.24, 2.45) is 0 Å². The van der Waals surface area contributed by atoms with Crippen molar-refractivity contribution in [3.63, 3.8) is 0 Å². The number of nitrogens with one attached hydrogen (secondary N) is 1. The van der Waals surface area contributed by atoms with E-state index in [9.17, 15) is 9.59 Å². The van der Waals surface area contributed by atoms with Gasteiger partial charge in [0.25, 0.3) is 0 Å². The average Bonchev–Trinajstić information content (AvgIpc) is 3.24. The van der Waals surface area contributed by atoms with E-state index < -0.39 is 36.4 Å². The first-order valence-electron chi connectivity index (χ1n) is 11.5. The molecule has 0 bridgehead atoms. The van der Waals surface area contributed by atoms with Gasteiger partial charge in [-0.25, -0.2) is 0 Å². The summed E-state index contributed by atoms with van der Waals surface area (Å²) in [6, 6.07) is 9.32. The maximum Gasteiger partial charge on any atom is 0.307 e. The molecule has 9 heteroatoms. The van der Waals surface area contributed by atoms with Gasteiger partial charge in [0.1, 0.15) is 18.3 Å². The van der Waals surface area contributed by atoms with Gasteiger partial charge in [0.15, 0.2) is 12.1 Å². The summed E-state index contributed by atoms with van der Waals surface area (Å²) in [6.45, 7) is 8.43. The van der Waals surface area contributed by atoms with E-state index in [0.717, 1.165) is 5.56 Å². The van der Waals surface area contributed by atoms with Gasteiger partial charge >= 0.3 is 11.9 Å². The molecule has 2 heterocycles. The van der Waals surface area contributed by atoms with Gasteiger partial charge in [0.05, 0.1) is 32.7 Å². The third-order valence-corrected chi connectivity index (χ3v) is 5.44. The highest BCUT2D eigenvalue weighted by Gasteiger charge is 2.57. The fourth-order valence-electron chi connectivity index (χ4n) is 4.08. The van der Waals surface area contributed by atoms with Crippen molar-refractivity contribution in [3.8, 4) is 0 Å². The van der Waals surface area contributed by atoms with Crippen LogP contribution in [0.15, 0.2) is 30.3 Å². The highest BCUT2D eigenvalue weighted by molar-refractivity contribution is 5.70. The Morgan fingerprint density at radius 1 is 1.06 bits per heavy atom. The highest BCUT2D eigenvalue weighted by Crippen LogP contribution is 2.40. The summed E-state index contributed by atoms with van der Waals surface area (Å²) in [4.78, 5) is 24.1. The molecule has 0 saturated carbocycles. The molecule has 2 fully saturated rings. The molecule has 9 nitrogen and oxygen atoms in total. The number of hydrogen-bond donors (Lipinski definition) is 1. The van der Waals surface area contributed by atoms with E-state index in [0.29, 0.717) is 19.8 Å². The Balaban J connectivity index is 1.74. The maximum absolute atomic E-state index is 12.3. The number of hydrogen-bond acceptors (Lipinski definition) is 9. The molecule has 1 N–H and O–H groups in total. The van der Waals surface area contributed by atoms with Crippen LogP contribution in [-0.2, 0) is 44.6 Å². The Labute approximate surface area is 195 Å². The molecule has 0 radical (unpaired) electrons. The molecule has 0 aromatic heterocycles. The number of benzene rings is 1. The van der Waals surface area contributed by atoms with Gasteiger partial charge in [0, 0.05) is 12.6 Å². The van der Waals surface area contributed by atoms with Gasteiger partial charge in [-0.3, -0.25) is 9.59 Å². The van der Waals surface area contributed by atoms with Crippen molar-refractivity contribution in [2.75, 3.05) is 19.8 Å². The summed E-state index contributed by atoms with van der Waals surface area (Å²) < 4.78 is 34.7. The normalized spacial score (nSPS) is 26.5. The van der Waals surface area contributed by atoms with Crippen LogP contribution in [0, 0.1) is 0 Å². The van der Waals surface area contributed by atoms with Gasteiger partial charge in [-0.1, -0.05) is 30.3 Å². The van der Waals surface area contributed by atoms with Crippen LogP contribution in [0.25, 0.3) is 0 Å². The molecule has 33 heavy (non-hydrogen) atoms. The fraction of sp³-hybridized carbons (Fsp3) is 0.667. The van der Waals surface area contributed by atoms with Crippen LogP contribution in [0.2, 0.25) is 0 Å². The molecule has 2 aliphatic rings. The number of carbonyl (C=O) groups excluding carboxylic acids is 2. The van der Waals surface area contributed by atoms with E-state index in [4.69, 9.17) is 28.4 Å². The standard InChI is InChI=1S/C24H35NO8/c1-5-28-18(26)12-13-25-17(14-19(27)29-6-2)20-21(30-15-16-10-8-7-9-11-16)22-23(31-20)33-24(3,4)32-22/h7-11,17,20-23,25H,5-6,12-15H2,1-4H3/t17-,20+,21-,22+,23+/m0/s1. The van der Waals surface area contributed by atoms with Crippen LogP contribution in [0.1, 0.15) is 46.1 Å². The average molecular weight is 466 g/mol. The SMILES string of the molecule is CCOC(=O)CCN[C@@H](CC(=O)OCC)[C@H]1O[C@@H]2OC(C)(C)O[C@@H]2[C@H]1OCc1ccccc1. The monoisotopic (exact) mass is 465 g/mol. The zero-order valence-corrected chi connectivity index (χ0v) is 19.8. The first kappa shape index (κ1) is 25.6. The molecule has 5 atom stereocenters. The Kier molecular flexibility index (Phi) is 9.22. The van der Waals surface area contributed by atoms with E-state index in [1.807, 2.05) is 44.2 Å². The van der Waals surface area contributed by atoms with Gasteiger partial charge in [-0.05, 0) is 33.3 Å². The summed E-state index contributed by atoms with van der Waals surface area (Å²) in [5, 5.41) is 3.26. The molecule has 184 valence electrons. The van der Waals surface area contributed by atoms with E-state index in [1.54, 1.807) is 13.8 Å². The van der Waals surface area contributed by atoms with Crippen molar-refractivity contribution in [2.45, 2.75) is 83.6 Å². The second kappa shape index (κ2) is 11.9. The minimum atomic E-state index is -0.803. The summed E-state index contributed by atoms with van der Waals surface area (Å²) in [6.07, 6.45) is -1.90. The van der Waals surface area contributed by atoms with Crippen molar-refractivity contribution in [1.29, 1.82) is 0 Å². The van der Waals surface area contributed by atoms with Crippen LogP contribution in [0.5, 0.6) is 0 Å². The lowest BCUT2D eigenvalue weighted by Crippen LogP contribution is -2.50. The Hall–Kier alpha value is -2.04. The topological polar surface area (TPSA) is 102 Å². The first-order chi connectivity index (χ1) is 15.8. The molecular formula is C24H35NO8. The summed E-state index contributed by atoms with van der Waals surface area (Å²) in [5.74, 6) is -1.48. The molecule has 2 saturated heterocycles. The largest absolute Gasteiger partial charge is 0.466 e. The number of fused-ring (bicyclic) bond motifs is 1. The van der Waals surface area contributed by atoms with Crippen molar-refractivity contribution in [1.82, 2.24) is 5.32 Å². The summed E-state index contributed by atoms with van der Waals surface area (Å²) in [7, 11) is 0. The predicted molar refractivity (Wildman–Crippen MR) is 118 cm³/mol. The quantitative estimate of drug-likeness (QED) is 0.466. The van der Waals surface area contributed by atoms with E-state index >= 15 is 0 Å². The molecule has 2 aliphatic heterocycles. The lowest BCUT2D eigenvalue weighted by atomic mass is 10.00. The fourth-order valence-corrected chi connectivity index (χ4v) is 4.08. The third-order valence-electron chi connectivity index (χ3n) is 5.44. The summed E-state index contributed by atoms with van der Waals surface area (Å²) in [5.41, 5.74) is 1.01. The summed E-state index contributed by atoms with van der Waals surface area (Å²) >= 11 is 0. The predicted octanol–water partition coefficient (Wildman–Crippen LogP) is 2.31. The van der Waals surface area contributed by atoms with E-state index in [1.165, 1.54) is 0 Å². The van der Waals surface area contributed by atoms with E-state index in [2.05, 4.69) is 5.32 Å². The number of carbonyl (C=O) groups is 2. The van der Waals surface area contributed by atoms with Gasteiger partial charge in [0.2, 0.25) is 0 Å². The van der Waals surface area contributed by atoms with Crippen molar-refractivity contribution in [3.05, 3.63) is 35.9 Å². The zero-order valence-electron chi connectivity index (χ0n) is 19.8. The Morgan fingerprint density at radius 3 is 2.45 bits per heavy atom. The minimum Gasteiger partial charge on any atom is -0.466 e. The number of esters is 2. The molecule has 1 aromatic rings. The van der Waals surface area contributed by atoms with Gasteiger partial charge in [-0.15, -0.1) is 0 Å². The second-order valence-corrected chi connectivity index (χ2v) is 8.46. The first-order valence-corrected chi connectivity index (χ1v) is 11.5. The lowest BCUT2D eigenvalue weighted by Gasteiger charge is -2.31. The Morgan fingerprint density at radius 2 is 1.76 bits per heavy atom. The maximum atomic E-state index is 12.3. The molecule has 0 unspecified atom stereocenters. The van der Waals surface area contributed by atoms with Crippen LogP contribution >= 0.6 is 0 Å². The van der Waals surface area contributed by atoms with Gasteiger partial charge in [-0.2, -0.15) is 0 Å². The van der Waals surface area contributed by atoms with Crippen LogP contribution in [0.4, 0.5) is 0 Å². The zero-order chi connectivity index (χ0) is 23.8. The Bertz CT molecular complexity index is 771. The molecule has 0 spiro atoms. The third kappa shape index (κ3) is 7.22. The highest BCUT2D eigenvalue weighted by atomic mass is 16.8.